The number of rotatable bonds is 4. The first-order valence-electron chi connectivity index (χ1n) is 7.14. The van der Waals surface area contributed by atoms with Crippen molar-refractivity contribution in [3.63, 3.8) is 0 Å². The van der Waals surface area contributed by atoms with E-state index in [4.69, 9.17) is 9.47 Å². The van der Waals surface area contributed by atoms with Gasteiger partial charge in [0, 0.05) is 0 Å². The number of carbonyl (C=O) groups excluding carboxylic acids is 2. The van der Waals surface area contributed by atoms with Gasteiger partial charge in [-0.1, -0.05) is 24.3 Å². The SMILES string of the molecule is COc1ccccc1OCC(=O)N1CC(=O)Nc2ccccc21. The third kappa shape index (κ3) is 3.11. The molecule has 0 bridgehead atoms. The zero-order valence-electron chi connectivity index (χ0n) is 12.6. The molecule has 2 aromatic carbocycles. The fourth-order valence-electron chi connectivity index (χ4n) is 2.41. The number of ether oxygens (including phenoxy) is 2. The molecule has 1 aliphatic rings. The van der Waals surface area contributed by atoms with Crippen molar-refractivity contribution >= 4 is 23.2 Å². The molecule has 6 heteroatoms. The molecule has 118 valence electrons. The Morgan fingerprint density at radius 2 is 1.83 bits per heavy atom. The number of hydrogen-bond acceptors (Lipinski definition) is 4. The van der Waals surface area contributed by atoms with E-state index in [2.05, 4.69) is 5.32 Å². The second-order valence-electron chi connectivity index (χ2n) is 4.98. The van der Waals surface area contributed by atoms with Crippen LogP contribution >= 0.6 is 0 Å². The average molecular weight is 312 g/mol. The van der Waals surface area contributed by atoms with Crippen LogP contribution in [0.1, 0.15) is 0 Å². The van der Waals surface area contributed by atoms with E-state index in [1.165, 1.54) is 12.0 Å². The number of carbonyl (C=O) groups is 2. The summed E-state index contributed by atoms with van der Waals surface area (Å²) in [6, 6.07) is 14.3. The standard InChI is InChI=1S/C17H16N2O4/c1-22-14-8-4-5-9-15(14)23-11-17(21)19-10-16(20)18-12-6-2-3-7-13(12)19/h2-9H,10-11H2,1H3,(H,18,20). The van der Waals surface area contributed by atoms with Crippen LogP contribution in [-0.4, -0.2) is 32.1 Å². The molecule has 2 amide bonds. The molecule has 0 radical (unpaired) electrons. The lowest BCUT2D eigenvalue weighted by Gasteiger charge is -2.29. The molecule has 0 fully saturated rings. The summed E-state index contributed by atoms with van der Waals surface area (Å²) in [5, 5.41) is 2.74. The second-order valence-corrected chi connectivity index (χ2v) is 4.98. The van der Waals surface area contributed by atoms with Crippen molar-refractivity contribution in [2.75, 3.05) is 30.5 Å². The van der Waals surface area contributed by atoms with Crippen LogP contribution in [0.3, 0.4) is 0 Å². The van der Waals surface area contributed by atoms with E-state index < -0.39 is 0 Å². The topological polar surface area (TPSA) is 67.9 Å². The van der Waals surface area contributed by atoms with Gasteiger partial charge in [-0.3, -0.25) is 14.5 Å². The summed E-state index contributed by atoms with van der Waals surface area (Å²) in [7, 11) is 1.54. The molecular formula is C17H16N2O4. The minimum Gasteiger partial charge on any atom is -0.493 e. The number of nitrogens with one attached hydrogen (secondary N) is 1. The molecule has 1 aliphatic heterocycles. The number of benzene rings is 2. The first kappa shape index (κ1) is 14.9. The molecule has 23 heavy (non-hydrogen) atoms. The van der Waals surface area contributed by atoms with Gasteiger partial charge in [-0.05, 0) is 24.3 Å². The third-order valence-corrected chi connectivity index (χ3v) is 3.49. The summed E-state index contributed by atoms with van der Waals surface area (Å²) in [4.78, 5) is 25.6. The van der Waals surface area contributed by atoms with Gasteiger partial charge in [-0.2, -0.15) is 0 Å². The Morgan fingerprint density at radius 1 is 1.13 bits per heavy atom. The first-order valence-corrected chi connectivity index (χ1v) is 7.14. The molecule has 2 aromatic rings. The Labute approximate surface area is 133 Å². The van der Waals surface area contributed by atoms with E-state index in [1.807, 2.05) is 12.1 Å². The van der Waals surface area contributed by atoms with Gasteiger partial charge >= 0.3 is 0 Å². The highest BCUT2D eigenvalue weighted by Crippen LogP contribution is 2.29. The maximum absolute atomic E-state index is 12.5. The molecule has 6 nitrogen and oxygen atoms in total. The van der Waals surface area contributed by atoms with Gasteiger partial charge in [0.2, 0.25) is 5.91 Å². The summed E-state index contributed by atoms with van der Waals surface area (Å²) in [6.07, 6.45) is 0. The van der Waals surface area contributed by atoms with Crippen molar-refractivity contribution < 1.29 is 19.1 Å². The summed E-state index contributed by atoms with van der Waals surface area (Å²) in [6.45, 7) is -0.201. The fourth-order valence-corrected chi connectivity index (χ4v) is 2.41. The monoisotopic (exact) mass is 312 g/mol. The van der Waals surface area contributed by atoms with Crippen LogP contribution in [0.4, 0.5) is 11.4 Å². The van der Waals surface area contributed by atoms with E-state index in [1.54, 1.807) is 36.4 Å². The third-order valence-electron chi connectivity index (χ3n) is 3.49. The summed E-state index contributed by atoms with van der Waals surface area (Å²) < 4.78 is 10.7. The highest BCUT2D eigenvalue weighted by Gasteiger charge is 2.26. The minimum atomic E-state index is -0.293. The fraction of sp³-hybridized carbons (Fsp3) is 0.176. The molecule has 0 aliphatic carbocycles. The van der Waals surface area contributed by atoms with Crippen molar-refractivity contribution in [2.45, 2.75) is 0 Å². The van der Waals surface area contributed by atoms with Crippen molar-refractivity contribution in [3.05, 3.63) is 48.5 Å². The number of fused-ring (bicyclic) bond motifs is 1. The van der Waals surface area contributed by atoms with Crippen molar-refractivity contribution in [2.24, 2.45) is 0 Å². The number of amides is 2. The van der Waals surface area contributed by atoms with E-state index in [0.29, 0.717) is 22.9 Å². The highest BCUT2D eigenvalue weighted by molar-refractivity contribution is 6.10. The zero-order valence-corrected chi connectivity index (χ0v) is 12.6. The molecule has 0 spiro atoms. The van der Waals surface area contributed by atoms with Crippen LogP contribution < -0.4 is 19.7 Å². The van der Waals surface area contributed by atoms with Crippen molar-refractivity contribution in [1.82, 2.24) is 0 Å². The van der Waals surface area contributed by atoms with Gasteiger partial charge in [-0.15, -0.1) is 0 Å². The van der Waals surface area contributed by atoms with E-state index in [-0.39, 0.29) is 25.0 Å². The lowest BCUT2D eigenvalue weighted by atomic mass is 10.2. The molecule has 1 heterocycles. The van der Waals surface area contributed by atoms with Crippen LogP contribution in [0.25, 0.3) is 0 Å². The van der Waals surface area contributed by atoms with Gasteiger partial charge in [-0.25, -0.2) is 0 Å². The van der Waals surface area contributed by atoms with Crippen LogP contribution in [0, 0.1) is 0 Å². The highest BCUT2D eigenvalue weighted by atomic mass is 16.5. The predicted octanol–water partition coefficient (Wildman–Crippen LogP) is 2.06. The number of methoxy groups -OCH3 is 1. The first-order chi connectivity index (χ1) is 11.2. The van der Waals surface area contributed by atoms with Crippen molar-refractivity contribution in [3.8, 4) is 11.5 Å². The lowest BCUT2D eigenvalue weighted by Crippen LogP contribution is -2.44. The number of hydrogen-bond donors (Lipinski definition) is 1. The lowest BCUT2D eigenvalue weighted by molar-refractivity contribution is -0.123. The van der Waals surface area contributed by atoms with E-state index in [9.17, 15) is 9.59 Å². The van der Waals surface area contributed by atoms with Crippen LogP contribution in [0.2, 0.25) is 0 Å². The Kier molecular flexibility index (Phi) is 4.14. The molecule has 0 atom stereocenters. The van der Waals surface area contributed by atoms with Crippen molar-refractivity contribution in [1.29, 1.82) is 0 Å². The molecule has 0 aromatic heterocycles. The van der Waals surface area contributed by atoms with Crippen LogP contribution in [-0.2, 0) is 9.59 Å². The van der Waals surface area contributed by atoms with Gasteiger partial charge < -0.3 is 14.8 Å². The summed E-state index contributed by atoms with van der Waals surface area (Å²) >= 11 is 0. The Morgan fingerprint density at radius 3 is 2.61 bits per heavy atom. The van der Waals surface area contributed by atoms with E-state index >= 15 is 0 Å². The van der Waals surface area contributed by atoms with Crippen LogP contribution in [0.15, 0.2) is 48.5 Å². The maximum atomic E-state index is 12.5. The van der Waals surface area contributed by atoms with Gasteiger partial charge in [0.15, 0.2) is 18.1 Å². The van der Waals surface area contributed by atoms with Gasteiger partial charge in [0.05, 0.1) is 18.5 Å². The van der Waals surface area contributed by atoms with Gasteiger partial charge in [0.1, 0.15) is 6.54 Å². The van der Waals surface area contributed by atoms with Crippen LogP contribution in [0.5, 0.6) is 11.5 Å². The maximum Gasteiger partial charge on any atom is 0.265 e. The largest absolute Gasteiger partial charge is 0.493 e. The Bertz CT molecular complexity index is 745. The summed E-state index contributed by atoms with van der Waals surface area (Å²) in [5.74, 6) is 0.516. The zero-order chi connectivity index (χ0) is 16.2. The quantitative estimate of drug-likeness (QED) is 0.938. The Hall–Kier alpha value is -3.02. The minimum absolute atomic E-state index is 0.0227. The summed E-state index contributed by atoms with van der Waals surface area (Å²) in [5.41, 5.74) is 1.29. The Balaban J connectivity index is 1.75. The second kappa shape index (κ2) is 6.39. The number of para-hydroxylation sites is 4. The number of anilines is 2. The molecule has 1 N–H and O–H groups in total. The van der Waals surface area contributed by atoms with E-state index in [0.717, 1.165) is 0 Å². The normalized spacial score (nSPS) is 13.1. The molecule has 0 saturated heterocycles. The molecule has 3 rings (SSSR count). The predicted molar refractivity (Wildman–Crippen MR) is 85.9 cm³/mol. The van der Waals surface area contributed by atoms with Gasteiger partial charge in [0.25, 0.3) is 5.91 Å². The molecule has 0 unspecified atom stereocenters. The smallest absolute Gasteiger partial charge is 0.265 e. The molecular weight excluding hydrogens is 296 g/mol. The average Bonchev–Trinajstić information content (AvgIpc) is 2.59. The molecule has 0 saturated carbocycles. The number of nitrogens with zero attached hydrogens (tertiary/aromatic N) is 1.